The quantitative estimate of drug-likeness (QED) is 0.391. The van der Waals surface area contributed by atoms with Crippen molar-refractivity contribution in [1.29, 1.82) is 0 Å². The SMILES string of the molecule is CCCc1c(C(=O)N2CCC[C@H](C(=O)OCC)C2)cnn1-c1ccc([N+](=O)[O-])cc1. The molecule has 0 radical (unpaired) electrons. The number of hydrogen-bond donors (Lipinski definition) is 0. The first-order chi connectivity index (χ1) is 14.5. The number of benzene rings is 1. The van der Waals surface area contributed by atoms with E-state index < -0.39 is 4.92 Å². The zero-order valence-electron chi connectivity index (χ0n) is 17.2. The second-order valence-electron chi connectivity index (χ2n) is 7.28. The maximum absolute atomic E-state index is 13.2. The molecule has 1 aliphatic rings. The minimum absolute atomic E-state index is 0.00225. The molecule has 0 aliphatic carbocycles. The van der Waals surface area contributed by atoms with Crippen molar-refractivity contribution in [2.24, 2.45) is 5.92 Å². The van der Waals surface area contributed by atoms with Gasteiger partial charge in [0.05, 0.1) is 40.6 Å². The minimum atomic E-state index is -0.453. The Morgan fingerprint density at radius 3 is 2.63 bits per heavy atom. The number of aromatic nitrogens is 2. The third kappa shape index (κ3) is 4.50. The van der Waals surface area contributed by atoms with E-state index in [4.69, 9.17) is 4.74 Å². The predicted molar refractivity (Wildman–Crippen MR) is 109 cm³/mol. The van der Waals surface area contributed by atoms with Gasteiger partial charge in [-0.25, -0.2) is 4.68 Å². The van der Waals surface area contributed by atoms with Gasteiger partial charge >= 0.3 is 5.97 Å². The zero-order chi connectivity index (χ0) is 21.7. The lowest BCUT2D eigenvalue weighted by molar-refractivity contribution is -0.384. The summed E-state index contributed by atoms with van der Waals surface area (Å²) in [5.41, 5.74) is 1.91. The fraction of sp³-hybridized carbons (Fsp3) is 0.476. The van der Waals surface area contributed by atoms with Gasteiger partial charge in [-0.05, 0) is 38.3 Å². The average Bonchev–Trinajstić information content (AvgIpc) is 3.17. The minimum Gasteiger partial charge on any atom is -0.466 e. The number of carbonyl (C=O) groups excluding carboxylic acids is 2. The number of nitrogens with zero attached hydrogens (tertiary/aromatic N) is 4. The zero-order valence-corrected chi connectivity index (χ0v) is 17.2. The van der Waals surface area contributed by atoms with Crippen LogP contribution in [0, 0.1) is 16.0 Å². The van der Waals surface area contributed by atoms with E-state index in [1.807, 2.05) is 6.92 Å². The first-order valence-corrected chi connectivity index (χ1v) is 10.2. The number of likely N-dealkylation sites (tertiary alicyclic amines) is 1. The molecule has 1 saturated heterocycles. The van der Waals surface area contributed by atoms with Gasteiger partial charge in [-0.2, -0.15) is 5.10 Å². The van der Waals surface area contributed by atoms with Gasteiger partial charge in [-0.1, -0.05) is 13.3 Å². The van der Waals surface area contributed by atoms with Gasteiger partial charge in [0.15, 0.2) is 0 Å². The molecule has 1 atom stereocenters. The second-order valence-corrected chi connectivity index (χ2v) is 7.28. The molecule has 0 unspecified atom stereocenters. The van der Waals surface area contributed by atoms with E-state index in [0.29, 0.717) is 43.8 Å². The Labute approximate surface area is 174 Å². The molecule has 1 amide bonds. The smallest absolute Gasteiger partial charge is 0.310 e. The van der Waals surface area contributed by atoms with Gasteiger partial charge < -0.3 is 9.64 Å². The number of nitro benzene ring substituents is 1. The Balaban J connectivity index is 1.86. The highest BCUT2D eigenvalue weighted by atomic mass is 16.6. The molecule has 0 bridgehead atoms. The molecule has 30 heavy (non-hydrogen) atoms. The average molecular weight is 414 g/mol. The molecule has 9 nitrogen and oxygen atoms in total. The van der Waals surface area contributed by atoms with Crippen LogP contribution >= 0.6 is 0 Å². The highest BCUT2D eigenvalue weighted by Crippen LogP contribution is 2.24. The largest absolute Gasteiger partial charge is 0.466 e. The van der Waals surface area contributed by atoms with Crippen LogP contribution in [0.3, 0.4) is 0 Å². The van der Waals surface area contributed by atoms with Gasteiger partial charge in [0.2, 0.25) is 0 Å². The van der Waals surface area contributed by atoms with E-state index in [9.17, 15) is 19.7 Å². The number of carbonyl (C=O) groups is 2. The first-order valence-electron chi connectivity index (χ1n) is 10.2. The molecule has 2 heterocycles. The van der Waals surface area contributed by atoms with Gasteiger partial charge in [0.1, 0.15) is 0 Å². The van der Waals surface area contributed by atoms with Crippen LogP contribution in [0.25, 0.3) is 5.69 Å². The van der Waals surface area contributed by atoms with Crippen molar-refractivity contribution in [3.8, 4) is 5.69 Å². The number of nitro groups is 1. The summed E-state index contributed by atoms with van der Waals surface area (Å²) in [5.74, 6) is -0.715. The fourth-order valence-corrected chi connectivity index (χ4v) is 3.75. The predicted octanol–water partition coefficient (Wildman–Crippen LogP) is 3.15. The molecule has 0 spiro atoms. The van der Waals surface area contributed by atoms with Crippen LogP contribution < -0.4 is 0 Å². The lowest BCUT2D eigenvalue weighted by Gasteiger charge is -2.31. The van der Waals surface area contributed by atoms with Crippen LogP contribution in [-0.2, 0) is 16.0 Å². The fourth-order valence-electron chi connectivity index (χ4n) is 3.75. The van der Waals surface area contributed by atoms with Gasteiger partial charge in [-0.3, -0.25) is 19.7 Å². The standard InChI is InChI=1S/C21H26N4O5/c1-3-6-19-18(13-22-24(19)16-8-10-17(11-9-16)25(28)29)20(26)23-12-5-7-15(14-23)21(27)30-4-2/h8-11,13,15H,3-7,12,14H2,1-2H3/t15-/m0/s1. The molecule has 1 fully saturated rings. The molecule has 1 aliphatic heterocycles. The van der Waals surface area contributed by atoms with Gasteiger partial charge in [0.25, 0.3) is 11.6 Å². The summed E-state index contributed by atoms with van der Waals surface area (Å²) in [4.78, 5) is 37.5. The number of piperidine rings is 1. The van der Waals surface area contributed by atoms with Crippen molar-refractivity contribution in [2.45, 2.75) is 39.5 Å². The van der Waals surface area contributed by atoms with Crippen molar-refractivity contribution in [2.75, 3.05) is 19.7 Å². The Kier molecular flexibility index (Phi) is 6.81. The molecular formula is C21H26N4O5. The number of esters is 1. The topological polar surface area (TPSA) is 108 Å². The van der Waals surface area contributed by atoms with Crippen LogP contribution in [-0.4, -0.2) is 51.2 Å². The summed E-state index contributed by atoms with van der Waals surface area (Å²) < 4.78 is 6.78. The van der Waals surface area contributed by atoms with Crippen LogP contribution in [0.2, 0.25) is 0 Å². The molecule has 0 N–H and O–H groups in total. The molecule has 160 valence electrons. The summed E-state index contributed by atoms with van der Waals surface area (Å²) in [7, 11) is 0. The van der Waals surface area contributed by atoms with Gasteiger partial charge in [0, 0.05) is 25.2 Å². The van der Waals surface area contributed by atoms with E-state index in [0.717, 1.165) is 18.5 Å². The Morgan fingerprint density at radius 1 is 1.27 bits per heavy atom. The van der Waals surface area contributed by atoms with Crippen LogP contribution in [0.15, 0.2) is 30.5 Å². The van der Waals surface area contributed by atoms with Crippen LogP contribution in [0.1, 0.15) is 49.2 Å². The normalized spacial score (nSPS) is 16.3. The van der Waals surface area contributed by atoms with E-state index >= 15 is 0 Å². The van der Waals surface area contributed by atoms with Crippen molar-refractivity contribution in [3.05, 3.63) is 51.8 Å². The van der Waals surface area contributed by atoms with Crippen LogP contribution in [0.4, 0.5) is 5.69 Å². The molecule has 3 rings (SSSR count). The number of rotatable bonds is 7. The van der Waals surface area contributed by atoms with E-state index in [1.165, 1.54) is 12.1 Å². The summed E-state index contributed by atoms with van der Waals surface area (Å²) >= 11 is 0. The monoisotopic (exact) mass is 414 g/mol. The highest BCUT2D eigenvalue weighted by molar-refractivity contribution is 5.95. The summed E-state index contributed by atoms with van der Waals surface area (Å²) in [5, 5.41) is 15.3. The molecule has 1 aromatic carbocycles. The molecular weight excluding hydrogens is 388 g/mol. The number of ether oxygens (including phenoxy) is 1. The summed E-state index contributed by atoms with van der Waals surface area (Å²) in [6, 6.07) is 6.08. The van der Waals surface area contributed by atoms with Crippen molar-refractivity contribution in [3.63, 3.8) is 0 Å². The molecule has 1 aromatic heterocycles. The number of hydrogen-bond acceptors (Lipinski definition) is 6. The van der Waals surface area contributed by atoms with Crippen molar-refractivity contribution < 1.29 is 19.2 Å². The van der Waals surface area contributed by atoms with E-state index in [2.05, 4.69) is 5.10 Å². The number of amides is 1. The third-order valence-corrected chi connectivity index (χ3v) is 5.22. The Bertz CT molecular complexity index is 922. The lowest BCUT2D eigenvalue weighted by Crippen LogP contribution is -2.43. The molecule has 0 saturated carbocycles. The Morgan fingerprint density at radius 2 is 2.00 bits per heavy atom. The summed E-state index contributed by atoms with van der Waals surface area (Å²) in [6.45, 7) is 5.03. The van der Waals surface area contributed by atoms with Crippen molar-refractivity contribution >= 4 is 17.6 Å². The summed E-state index contributed by atoms with van der Waals surface area (Å²) in [6.07, 6.45) is 4.45. The van der Waals surface area contributed by atoms with E-state index in [-0.39, 0.29) is 23.5 Å². The first kappa shape index (κ1) is 21.5. The maximum atomic E-state index is 13.2. The van der Waals surface area contributed by atoms with Crippen LogP contribution in [0.5, 0.6) is 0 Å². The van der Waals surface area contributed by atoms with Gasteiger partial charge in [-0.15, -0.1) is 0 Å². The van der Waals surface area contributed by atoms with E-state index in [1.54, 1.807) is 34.8 Å². The second kappa shape index (κ2) is 9.51. The van der Waals surface area contributed by atoms with Crippen molar-refractivity contribution in [1.82, 2.24) is 14.7 Å². The lowest BCUT2D eigenvalue weighted by atomic mass is 9.97. The maximum Gasteiger partial charge on any atom is 0.310 e. The molecule has 9 heteroatoms. The molecule has 2 aromatic rings. The highest BCUT2D eigenvalue weighted by Gasteiger charge is 2.31. The third-order valence-electron chi connectivity index (χ3n) is 5.22. The Hall–Kier alpha value is -3.23. The number of non-ortho nitro benzene ring substituents is 1.